The van der Waals surface area contributed by atoms with Gasteiger partial charge in [0, 0.05) is 29.5 Å². The molecule has 0 unspecified atom stereocenters. The number of amides is 1. The van der Waals surface area contributed by atoms with Crippen LogP contribution in [0.1, 0.15) is 28.8 Å². The highest BCUT2D eigenvalue weighted by Gasteiger charge is 2.29. The van der Waals surface area contributed by atoms with Gasteiger partial charge in [0.15, 0.2) is 0 Å². The van der Waals surface area contributed by atoms with Gasteiger partial charge in [0.2, 0.25) is 5.91 Å². The van der Waals surface area contributed by atoms with Crippen molar-refractivity contribution < 1.29 is 4.79 Å². The van der Waals surface area contributed by atoms with Gasteiger partial charge >= 0.3 is 0 Å². The van der Waals surface area contributed by atoms with Crippen molar-refractivity contribution in [2.24, 2.45) is 5.73 Å². The minimum absolute atomic E-state index is 0.396. The van der Waals surface area contributed by atoms with Crippen LogP contribution in [-0.4, -0.2) is 11.9 Å². The largest absolute Gasteiger partial charge is 0.398 e. The molecule has 0 spiro atoms. The molecule has 0 aromatic heterocycles. The molecular weight excluding hydrogens is 262 g/mol. The Kier molecular flexibility index (Phi) is 3.52. The van der Waals surface area contributed by atoms with Gasteiger partial charge in [0.25, 0.3) is 0 Å². The summed E-state index contributed by atoms with van der Waals surface area (Å²) >= 11 is 0. The Morgan fingerprint density at radius 3 is 2.33 bits per heavy atom. The first-order valence-corrected chi connectivity index (χ1v) is 7.15. The quantitative estimate of drug-likeness (QED) is 0.827. The summed E-state index contributed by atoms with van der Waals surface area (Å²) in [6.07, 6.45) is 2.40. The van der Waals surface area contributed by atoms with Crippen LogP contribution in [0.2, 0.25) is 0 Å². The highest BCUT2D eigenvalue weighted by Crippen LogP contribution is 2.33. The van der Waals surface area contributed by atoms with Gasteiger partial charge in [0.05, 0.1) is 0 Å². The maximum Gasteiger partial charge on any atom is 0.248 e. The molecule has 1 aliphatic carbocycles. The zero-order valence-electron chi connectivity index (χ0n) is 11.8. The van der Waals surface area contributed by atoms with Gasteiger partial charge in [-0.2, -0.15) is 0 Å². The van der Waals surface area contributed by atoms with Gasteiger partial charge in [-0.3, -0.25) is 4.79 Å². The van der Waals surface area contributed by atoms with E-state index in [9.17, 15) is 4.79 Å². The van der Waals surface area contributed by atoms with E-state index in [-0.39, 0.29) is 0 Å². The Balaban J connectivity index is 1.85. The van der Waals surface area contributed by atoms with E-state index in [1.165, 1.54) is 12.8 Å². The van der Waals surface area contributed by atoms with Crippen LogP contribution in [0.4, 0.5) is 11.4 Å². The number of carbonyl (C=O) groups excluding carboxylic acids is 1. The number of hydrogen-bond donors (Lipinski definition) is 2. The minimum Gasteiger partial charge on any atom is -0.398 e. The summed E-state index contributed by atoms with van der Waals surface area (Å²) in [4.78, 5) is 13.5. The number of benzene rings is 2. The van der Waals surface area contributed by atoms with Crippen molar-refractivity contribution in [3.8, 4) is 0 Å². The standard InChI is InChI=1S/C17H19N3O/c18-16-4-2-1-3-13(16)11-20(15-9-10-15)14-7-5-12(6-8-14)17(19)21/h1-8,15H,9-11,18H2,(H2,19,21). The predicted molar refractivity (Wildman–Crippen MR) is 85.0 cm³/mol. The van der Waals surface area contributed by atoms with Gasteiger partial charge in [0.1, 0.15) is 0 Å². The zero-order valence-corrected chi connectivity index (χ0v) is 11.8. The number of nitrogens with two attached hydrogens (primary N) is 2. The molecule has 0 radical (unpaired) electrons. The molecule has 2 aromatic rings. The van der Waals surface area contributed by atoms with Crippen LogP contribution < -0.4 is 16.4 Å². The van der Waals surface area contributed by atoms with Gasteiger partial charge < -0.3 is 16.4 Å². The first-order chi connectivity index (χ1) is 10.1. The predicted octanol–water partition coefficient (Wildman–Crippen LogP) is 2.54. The number of carbonyl (C=O) groups is 1. The first kappa shape index (κ1) is 13.5. The molecule has 0 heterocycles. The maximum absolute atomic E-state index is 11.2. The van der Waals surface area contributed by atoms with Gasteiger partial charge in [-0.25, -0.2) is 0 Å². The molecule has 0 bridgehead atoms. The zero-order chi connectivity index (χ0) is 14.8. The van der Waals surface area contributed by atoms with Crippen molar-refractivity contribution in [2.45, 2.75) is 25.4 Å². The fraction of sp³-hybridized carbons (Fsp3) is 0.235. The molecular formula is C17H19N3O. The second-order valence-corrected chi connectivity index (χ2v) is 5.47. The molecule has 4 heteroatoms. The summed E-state index contributed by atoms with van der Waals surface area (Å²) in [5, 5.41) is 0. The molecule has 4 nitrogen and oxygen atoms in total. The normalized spacial score (nSPS) is 13.9. The van der Waals surface area contributed by atoms with E-state index in [0.29, 0.717) is 11.6 Å². The van der Waals surface area contributed by atoms with Crippen molar-refractivity contribution in [3.63, 3.8) is 0 Å². The lowest BCUT2D eigenvalue weighted by atomic mass is 10.1. The lowest BCUT2D eigenvalue weighted by Crippen LogP contribution is -2.25. The lowest BCUT2D eigenvalue weighted by Gasteiger charge is -2.25. The smallest absolute Gasteiger partial charge is 0.248 e. The number of primary amides is 1. The average molecular weight is 281 g/mol. The molecule has 2 aromatic carbocycles. The molecule has 1 aliphatic rings. The van der Waals surface area contributed by atoms with Gasteiger partial charge in [-0.05, 0) is 48.7 Å². The van der Waals surface area contributed by atoms with Crippen LogP contribution in [0, 0.1) is 0 Å². The van der Waals surface area contributed by atoms with Crippen LogP contribution >= 0.6 is 0 Å². The van der Waals surface area contributed by atoms with Crippen molar-refractivity contribution in [1.29, 1.82) is 0 Å². The van der Waals surface area contributed by atoms with Crippen molar-refractivity contribution in [3.05, 3.63) is 59.7 Å². The lowest BCUT2D eigenvalue weighted by molar-refractivity contribution is 0.100. The van der Waals surface area contributed by atoms with E-state index < -0.39 is 5.91 Å². The molecule has 0 atom stereocenters. The Morgan fingerprint density at radius 2 is 1.76 bits per heavy atom. The third kappa shape index (κ3) is 2.99. The molecule has 1 fully saturated rings. The van der Waals surface area contributed by atoms with E-state index in [1.807, 2.05) is 30.3 Å². The van der Waals surface area contributed by atoms with Crippen LogP contribution in [0.25, 0.3) is 0 Å². The molecule has 0 saturated heterocycles. The van der Waals surface area contributed by atoms with E-state index in [1.54, 1.807) is 12.1 Å². The van der Waals surface area contributed by atoms with Crippen molar-refractivity contribution in [1.82, 2.24) is 0 Å². The number of para-hydroxylation sites is 1. The molecule has 1 amide bonds. The van der Waals surface area contributed by atoms with Crippen LogP contribution in [0.3, 0.4) is 0 Å². The first-order valence-electron chi connectivity index (χ1n) is 7.15. The number of nitrogens with zero attached hydrogens (tertiary/aromatic N) is 1. The molecule has 21 heavy (non-hydrogen) atoms. The maximum atomic E-state index is 11.2. The third-order valence-corrected chi connectivity index (χ3v) is 3.87. The summed E-state index contributed by atoms with van der Waals surface area (Å²) < 4.78 is 0. The fourth-order valence-electron chi connectivity index (χ4n) is 2.50. The second-order valence-electron chi connectivity index (χ2n) is 5.47. The van der Waals surface area contributed by atoms with Crippen LogP contribution in [0.5, 0.6) is 0 Å². The average Bonchev–Trinajstić information content (AvgIpc) is 3.31. The highest BCUT2D eigenvalue weighted by atomic mass is 16.1. The Bertz CT molecular complexity index is 647. The Hall–Kier alpha value is -2.49. The summed E-state index contributed by atoms with van der Waals surface area (Å²) in [6, 6.07) is 16.0. The fourth-order valence-corrected chi connectivity index (χ4v) is 2.50. The molecule has 1 saturated carbocycles. The third-order valence-electron chi connectivity index (χ3n) is 3.87. The topological polar surface area (TPSA) is 72.4 Å². The number of nitrogen functional groups attached to an aromatic ring is 1. The van der Waals surface area contributed by atoms with E-state index in [2.05, 4.69) is 11.0 Å². The van der Waals surface area contributed by atoms with Gasteiger partial charge in [-0.15, -0.1) is 0 Å². The summed E-state index contributed by atoms with van der Waals surface area (Å²) in [7, 11) is 0. The molecule has 3 rings (SSSR count). The van der Waals surface area contributed by atoms with Crippen LogP contribution in [0.15, 0.2) is 48.5 Å². The summed E-state index contributed by atoms with van der Waals surface area (Å²) in [6.45, 7) is 0.785. The molecule has 4 N–H and O–H groups in total. The Morgan fingerprint density at radius 1 is 1.10 bits per heavy atom. The van der Waals surface area contributed by atoms with Gasteiger partial charge in [-0.1, -0.05) is 18.2 Å². The van der Waals surface area contributed by atoms with Crippen molar-refractivity contribution >= 4 is 17.3 Å². The van der Waals surface area contributed by atoms with E-state index in [4.69, 9.17) is 11.5 Å². The monoisotopic (exact) mass is 281 g/mol. The van der Waals surface area contributed by atoms with Crippen molar-refractivity contribution in [2.75, 3.05) is 10.6 Å². The molecule has 0 aliphatic heterocycles. The number of rotatable bonds is 5. The van der Waals surface area contributed by atoms with E-state index >= 15 is 0 Å². The second kappa shape index (κ2) is 5.48. The molecule has 108 valence electrons. The minimum atomic E-state index is -0.396. The van der Waals surface area contributed by atoms with E-state index in [0.717, 1.165) is 23.5 Å². The summed E-state index contributed by atoms with van der Waals surface area (Å²) in [5.74, 6) is -0.396. The Labute approximate surface area is 124 Å². The number of hydrogen-bond acceptors (Lipinski definition) is 3. The highest BCUT2D eigenvalue weighted by molar-refractivity contribution is 5.93. The number of anilines is 2. The SMILES string of the molecule is NC(=O)c1ccc(N(Cc2ccccc2N)C2CC2)cc1. The van der Waals surface area contributed by atoms with Crippen LogP contribution in [-0.2, 0) is 6.54 Å². The summed E-state index contributed by atoms with van der Waals surface area (Å²) in [5.41, 5.74) is 14.9.